The molecule has 0 saturated heterocycles. The van der Waals surface area contributed by atoms with Crippen LogP contribution in [0.3, 0.4) is 0 Å². The Hall–Kier alpha value is -3.75. The maximum atomic E-state index is 12.3. The van der Waals surface area contributed by atoms with Gasteiger partial charge in [-0.1, -0.05) is 0 Å². The number of non-ortho nitro benzene ring substituents is 1. The number of nitro benzene ring substituents is 2. The molecule has 0 bridgehead atoms. The van der Waals surface area contributed by atoms with Crippen molar-refractivity contribution in [2.75, 3.05) is 14.2 Å². The van der Waals surface area contributed by atoms with Gasteiger partial charge in [-0.05, 0) is 36.4 Å². The Morgan fingerprint density at radius 3 is 2.23 bits per heavy atom. The number of carbonyl (C=O) groups is 1. The minimum atomic E-state index is -0.743. The van der Waals surface area contributed by atoms with E-state index in [1.165, 1.54) is 38.5 Å². The van der Waals surface area contributed by atoms with Crippen LogP contribution in [0.1, 0.15) is 15.9 Å². The van der Waals surface area contributed by atoms with Crippen LogP contribution >= 0.6 is 0 Å². The number of ether oxygens (including phenoxy) is 2. The van der Waals surface area contributed by atoms with Crippen molar-refractivity contribution in [3.8, 4) is 11.5 Å². The van der Waals surface area contributed by atoms with Crippen molar-refractivity contribution in [3.63, 3.8) is 0 Å². The third kappa shape index (κ3) is 4.01. The van der Waals surface area contributed by atoms with Crippen molar-refractivity contribution in [2.45, 2.75) is 0 Å². The van der Waals surface area contributed by atoms with Gasteiger partial charge in [0.1, 0.15) is 0 Å². The Morgan fingerprint density at radius 2 is 1.65 bits per heavy atom. The molecule has 0 fully saturated rings. The predicted octanol–water partition coefficient (Wildman–Crippen LogP) is 3.42. The summed E-state index contributed by atoms with van der Waals surface area (Å²) >= 11 is 0. The lowest BCUT2D eigenvalue weighted by Crippen LogP contribution is -1.98. The Morgan fingerprint density at radius 1 is 0.962 bits per heavy atom. The summed E-state index contributed by atoms with van der Waals surface area (Å²) < 4.78 is 10.2. The fraction of sp³-hybridized carbons (Fsp3) is 0.118. The quantitative estimate of drug-likeness (QED) is 0.322. The average molecular weight is 358 g/mol. The number of benzene rings is 2. The summed E-state index contributed by atoms with van der Waals surface area (Å²) in [7, 11) is 2.90. The number of nitrogens with zero attached hydrogens (tertiary/aromatic N) is 2. The van der Waals surface area contributed by atoms with Crippen molar-refractivity contribution in [2.24, 2.45) is 0 Å². The van der Waals surface area contributed by atoms with Crippen LogP contribution in [-0.2, 0) is 0 Å². The molecule has 0 saturated carbocycles. The molecular formula is C17H14N2O7. The SMILES string of the molecule is COc1ccc(C(=O)C=Cc2ccc([N+](=O)[O-])cc2[N+](=O)[O-])cc1OC. The first-order valence-electron chi connectivity index (χ1n) is 7.24. The normalized spacial score (nSPS) is 10.5. The molecule has 0 aromatic heterocycles. The fourth-order valence-electron chi connectivity index (χ4n) is 2.20. The minimum absolute atomic E-state index is 0.0782. The van der Waals surface area contributed by atoms with Gasteiger partial charge < -0.3 is 9.47 Å². The third-order valence-corrected chi connectivity index (χ3v) is 3.50. The van der Waals surface area contributed by atoms with Crippen LogP contribution in [0.25, 0.3) is 6.08 Å². The zero-order valence-corrected chi connectivity index (χ0v) is 13.9. The molecule has 0 unspecified atom stereocenters. The summed E-state index contributed by atoms with van der Waals surface area (Å²) in [6, 6.07) is 7.77. The highest BCUT2D eigenvalue weighted by Crippen LogP contribution is 2.29. The standard InChI is InChI=1S/C17H14N2O7/c1-25-16-8-5-12(9-17(16)26-2)15(20)7-4-11-3-6-13(18(21)22)10-14(11)19(23)24/h3-10H,1-2H3. The van der Waals surface area contributed by atoms with Crippen LogP contribution in [0.4, 0.5) is 11.4 Å². The number of hydrogen-bond donors (Lipinski definition) is 0. The van der Waals surface area contributed by atoms with Gasteiger partial charge in [0.05, 0.1) is 35.7 Å². The van der Waals surface area contributed by atoms with Gasteiger partial charge in [0.2, 0.25) is 0 Å². The summed E-state index contributed by atoms with van der Waals surface area (Å²) in [5.74, 6) is 0.408. The molecule has 9 nitrogen and oxygen atoms in total. The van der Waals surface area contributed by atoms with E-state index in [1.807, 2.05) is 0 Å². The minimum Gasteiger partial charge on any atom is -0.493 e. The number of ketones is 1. The monoisotopic (exact) mass is 358 g/mol. The molecule has 0 atom stereocenters. The van der Waals surface area contributed by atoms with Gasteiger partial charge >= 0.3 is 0 Å². The topological polar surface area (TPSA) is 122 Å². The van der Waals surface area contributed by atoms with Crippen molar-refractivity contribution in [1.82, 2.24) is 0 Å². The summed E-state index contributed by atoms with van der Waals surface area (Å²) in [5, 5.41) is 21.8. The van der Waals surface area contributed by atoms with Gasteiger partial charge in [0.15, 0.2) is 17.3 Å². The molecule has 0 radical (unpaired) electrons. The molecule has 2 rings (SSSR count). The van der Waals surface area contributed by atoms with E-state index in [9.17, 15) is 25.0 Å². The van der Waals surface area contributed by atoms with Gasteiger partial charge in [0, 0.05) is 11.6 Å². The number of nitro groups is 2. The van der Waals surface area contributed by atoms with Crippen LogP contribution in [-0.4, -0.2) is 29.8 Å². The molecule has 9 heteroatoms. The molecule has 0 aliphatic rings. The molecule has 0 aliphatic carbocycles. The largest absolute Gasteiger partial charge is 0.493 e. The summed E-state index contributed by atoms with van der Waals surface area (Å²) in [6.45, 7) is 0. The first-order chi connectivity index (χ1) is 12.4. The van der Waals surface area contributed by atoms with E-state index in [0.29, 0.717) is 17.1 Å². The van der Waals surface area contributed by atoms with Crippen LogP contribution in [0.15, 0.2) is 42.5 Å². The maximum absolute atomic E-state index is 12.3. The maximum Gasteiger partial charge on any atom is 0.283 e. The molecule has 2 aromatic rings. The van der Waals surface area contributed by atoms with Crippen LogP contribution in [0.5, 0.6) is 11.5 Å². The van der Waals surface area contributed by atoms with Gasteiger partial charge in [-0.25, -0.2) is 0 Å². The second-order valence-electron chi connectivity index (χ2n) is 5.02. The van der Waals surface area contributed by atoms with Gasteiger partial charge in [-0.2, -0.15) is 0 Å². The van der Waals surface area contributed by atoms with Crippen LogP contribution in [0, 0.1) is 20.2 Å². The zero-order valence-electron chi connectivity index (χ0n) is 13.9. The highest BCUT2D eigenvalue weighted by atomic mass is 16.6. The van der Waals surface area contributed by atoms with Crippen molar-refractivity contribution in [3.05, 3.63) is 73.8 Å². The lowest BCUT2D eigenvalue weighted by Gasteiger charge is -2.08. The molecule has 0 aliphatic heterocycles. The van der Waals surface area contributed by atoms with Crippen LogP contribution in [0.2, 0.25) is 0 Å². The van der Waals surface area contributed by atoms with E-state index in [1.54, 1.807) is 6.07 Å². The molecular weight excluding hydrogens is 344 g/mol. The highest BCUT2D eigenvalue weighted by Gasteiger charge is 2.18. The third-order valence-electron chi connectivity index (χ3n) is 3.50. The van der Waals surface area contributed by atoms with E-state index in [-0.39, 0.29) is 5.56 Å². The Bertz CT molecular complexity index is 906. The molecule has 0 spiro atoms. The van der Waals surface area contributed by atoms with Crippen molar-refractivity contribution < 1.29 is 24.1 Å². The summed E-state index contributed by atoms with van der Waals surface area (Å²) in [6.07, 6.45) is 2.39. The van der Waals surface area contributed by atoms with Gasteiger partial charge in [0.25, 0.3) is 11.4 Å². The summed E-state index contributed by atoms with van der Waals surface area (Å²) in [4.78, 5) is 32.7. The first-order valence-corrected chi connectivity index (χ1v) is 7.24. The highest BCUT2D eigenvalue weighted by molar-refractivity contribution is 6.07. The number of carbonyl (C=O) groups excluding carboxylic acids is 1. The van der Waals surface area contributed by atoms with Gasteiger partial charge in [-0.3, -0.25) is 25.0 Å². The number of methoxy groups -OCH3 is 2. The van der Waals surface area contributed by atoms with Gasteiger partial charge in [-0.15, -0.1) is 0 Å². The zero-order chi connectivity index (χ0) is 19.3. The smallest absolute Gasteiger partial charge is 0.283 e. The molecule has 26 heavy (non-hydrogen) atoms. The van der Waals surface area contributed by atoms with Crippen LogP contribution < -0.4 is 9.47 Å². The molecule has 2 aromatic carbocycles. The molecule has 0 N–H and O–H groups in total. The van der Waals surface area contributed by atoms with E-state index < -0.39 is 27.0 Å². The lowest BCUT2D eigenvalue weighted by atomic mass is 10.1. The number of hydrogen-bond acceptors (Lipinski definition) is 7. The Labute approximate surface area is 147 Å². The summed E-state index contributed by atoms with van der Waals surface area (Å²) in [5.41, 5.74) is -0.492. The van der Waals surface area contributed by atoms with E-state index in [0.717, 1.165) is 18.2 Å². The Balaban J connectivity index is 2.33. The molecule has 0 amide bonds. The molecule has 134 valence electrons. The Kier molecular flexibility index (Phi) is 5.63. The predicted molar refractivity (Wildman–Crippen MR) is 92.7 cm³/mol. The molecule has 0 heterocycles. The lowest BCUT2D eigenvalue weighted by molar-refractivity contribution is -0.394. The number of allylic oxidation sites excluding steroid dienone is 1. The number of rotatable bonds is 7. The van der Waals surface area contributed by atoms with Crippen molar-refractivity contribution in [1.29, 1.82) is 0 Å². The fourth-order valence-corrected chi connectivity index (χ4v) is 2.20. The van der Waals surface area contributed by atoms with E-state index >= 15 is 0 Å². The second kappa shape index (κ2) is 7.88. The van der Waals surface area contributed by atoms with E-state index in [4.69, 9.17) is 9.47 Å². The second-order valence-corrected chi connectivity index (χ2v) is 5.02. The van der Waals surface area contributed by atoms with E-state index in [2.05, 4.69) is 0 Å². The first kappa shape index (κ1) is 18.6. The van der Waals surface area contributed by atoms with Crippen molar-refractivity contribution >= 4 is 23.2 Å². The average Bonchev–Trinajstić information content (AvgIpc) is 2.64.